The Morgan fingerprint density at radius 1 is 1.12 bits per heavy atom. The van der Waals surface area contributed by atoms with E-state index in [1.54, 1.807) is 0 Å². The standard InChI is InChI=1S/C14H24N2/c1-13(2)16-10-8-15(9-11-16)12-14-6-4-3-5-7-14/h4,6-7,13H,3,5,8-12H2,1-2H3. The van der Waals surface area contributed by atoms with Crippen LogP contribution in [0.25, 0.3) is 0 Å². The van der Waals surface area contributed by atoms with E-state index in [2.05, 4.69) is 41.9 Å². The van der Waals surface area contributed by atoms with Crippen LogP contribution >= 0.6 is 0 Å². The van der Waals surface area contributed by atoms with Gasteiger partial charge in [-0.2, -0.15) is 0 Å². The molecule has 0 N–H and O–H groups in total. The molecule has 2 nitrogen and oxygen atoms in total. The van der Waals surface area contributed by atoms with Crippen molar-refractivity contribution in [3.05, 3.63) is 23.8 Å². The first kappa shape index (κ1) is 11.9. The van der Waals surface area contributed by atoms with Gasteiger partial charge >= 0.3 is 0 Å². The highest BCUT2D eigenvalue weighted by molar-refractivity contribution is 5.23. The highest BCUT2D eigenvalue weighted by atomic mass is 15.3. The summed E-state index contributed by atoms with van der Waals surface area (Å²) in [6.07, 6.45) is 9.47. The fourth-order valence-corrected chi connectivity index (χ4v) is 2.48. The van der Waals surface area contributed by atoms with Crippen molar-refractivity contribution in [2.75, 3.05) is 32.7 Å². The van der Waals surface area contributed by atoms with Crippen LogP contribution < -0.4 is 0 Å². The maximum atomic E-state index is 2.58. The Morgan fingerprint density at radius 2 is 1.88 bits per heavy atom. The fourth-order valence-electron chi connectivity index (χ4n) is 2.48. The molecule has 0 atom stereocenters. The van der Waals surface area contributed by atoms with E-state index in [-0.39, 0.29) is 0 Å². The van der Waals surface area contributed by atoms with E-state index in [1.165, 1.54) is 44.6 Å². The molecular formula is C14H24N2. The van der Waals surface area contributed by atoms with E-state index >= 15 is 0 Å². The lowest BCUT2D eigenvalue weighted by atomic mass is 10.1. The first-order valence-corrected chi connectivity index (χ1v) is 6.57. The highest BCUT2D eigenvalue weighted by Gasteiger charge is 2.18. The Hall–Kier alpha value is -0.600. The minimum atomic E-state index is 0.705. The third-order valence-electron chi connectivity index (χ3n) is 3.62. The zero-order valence-corrected chi connectivity index (χ0v) is 10.7. The lowest BCUT2D eigenvalue weighted by Crippen LogP contribution is -2.49. The van der Waals surface area contributed by atoms with Crippen molar-refractivity contribution in [2.24, 2.45) is 0 Å². The molecule has 0 unspecified atom stereocenters. The maximum Gasteiger partial charge on any atom is 0.0231 e. The quantitative estimate of drug-likeness (QED) is 0.720. The average Bonchev–Trinajstić information content (AvgIpc) is 2.31. The SMILES string of the molecule is CC(C)N1CCN(CC2=CCCC=C2)CC1. The predicted octanol–water partition coefficient (Wildman–Crippen LogP) is 2.29. The normalized spacial score (nSPS) is 23.8. The summed E-state index contributed by atoms with van der Waals surface area (Å²) in [6.45, 7) is 10.7. The average molecular weight is 220 g/mol. The van der Waals surface area contributed by atoms with Crippen LogP contribution in [-0.2, 0) is 0 Å². The first-order valence-electron chi connectivity index (χ1n) is 6.57. The number of rotatable bonds is 3. The van der Waals surface area contributed by atoms with Crippen LogP contribution in [-0.4, -0.2) is 48.6 Å². The van der Waals surface area contributed by atoms with Gasteiger partial charge in [-0.1, -0.05) is 18.2 Å². The molecule has 1 aliphatic carbocycles. The van der Waals surface area contributed by atoms with Crippen molar-refractivity contribution in [1.82, 2.24) is 9.80 Å². The molecule has 1 saturated heterocycles. The van der Waals surface area contributed by atoms with Crippen LogP contribution in [0.4, 0.5) is 0 Å². The molecule has 0 bridgehead atoms. The van der Waals surface area contributed by atoms with Crippen LogP contribution in [0, 0.1) is 0 Å². The van der Waals surface area contributed by atoms with Crippen LogP contribution in [0.15, 0.2) is 23.8 Å². The molecular weight excluding hydrogens is 196 g/mol. The first-order chi connectivity index (χ1) is 7.75. The van der Waals surface area contributed by atoms with E-state index in [1.807, 2.05) is 0 Å². The Kier molecular flexibility index (Phi) is 4.19. The summed E-state index contributed by atoms with van der Waals surface area (Å²) in [5, 5.41) is 0. The van der Waals surface area contributed by atoms with Gasteiger partial charge in [0.15, 0.2) is 0 Å². The number of hydrogen-bond donors (Lipinski definition) is 0. The second-order valence-electron chi connectivity index (χ2n) is 5.16. The second-order valence-corrected chi connectivity index (χ2v) is 5.16. The third-order valence-corrected chi connectivity index (χ3v) is 3.62. The van der Waals surface area contributed by atoms with Gasteiger partial charge in [0.2, 0.25) is 0 Å². The van der Waals surface area contributed by atoms with Crippen LogP contribution in [0.5, 0.6) is 0 Å². The minimum Gasteiger partial charge on any atom is -0.298 e. The van der Waals surface area contributed by atoms with E-state index in [0.29, 0.717) is 6.04 Å². The molecule has 1 heterocycles. The van der Waals surface area contributed by atoms with Crippen LogP contribution in [0.2, 0.25) is 0 Å². The van der Waals surface area contributed by atoms with Gasteiger partial charge < -0.3 is 0 Å². The Labute approximate surface area is 99.6 Å². The van der Waals surface area contributed by atoms with E-state index in [4.69, 9.17) is 0 Å². The van der Waals surface area contributed by atoms with Crippen molar-refractivity contribution >= 4 is 0 Å². The molecule has 1 fully saturated rings. The number of nitrogens with zero attached hydrogens (tertiary/aromatic N) is 2. The largest absolute Gasteiger partial charge is 0.298 e. The topological polar surface area (TPSA) is 6.48 Å². The van der Waals surface area contributed by atoms with Gasteiger partial charge in [0.05, 0.1) is 0 Å². The lowest BCUT2D eigenvalue weighted by molar-refractivity contribution is 0.115. The second kappa shape index (κ2) is 5.65. The summed E-state index contributed by atoms with van der Waals surface area (Å²) < 4.78 is 0. The summed E-state index contributed by atoms with van der Waals surface area (Å²) in [5.74, 6) is 0. The Morgan fingerprint density at radius 3 is 2.44 bits per heavy atom. The van der Waals surface area contributed by atoms with Gasteiger partial charge in [0.1, 0.15) is 0 Å². The van der Waals surface area contributed by atoms with E-state index in [0.717, 1.165) is 6.54 Å². The van der Waals surface area contributed by atoms with Crippen molar-refractivity contribution in [2.45, 2.75) is 32.7 Å². The molecule has 0 spiro atoms. The molecule has 0 aromatic rings. The number of allylic oxidation sites excluding steroid dienone is 2. The molecule has 2 aliphatic rings. The molecule has 0 aromatic carbocycles. The molecule has 0 amide bonds. The minimum absolute atomic E-state index is 0.705. The van der Waals surface area contributed by atoms with Gasteiger partial charge in [-0.25, -0.2) is 0 Å². The molecule has 0 aromatic heterocycles. The molecule has 90 valence electrons. The molecule has 2 rings (SSSR count). The van der Waals surface area contributed by atoms with Crippen molar-refractivity contribution in [3.8, 4) is 0 Å². The summed E-state index contributed by atoms with van der Waals surface area (Å²) in [6, 6.07) is 0.705. The molecule has 16 heavy (non-hydrogen) atoms. The Bertz CT molecular complexity index is 270. The van der Waals surface area contributed by atoms with Crippen molar-refractivity contribution in [1.29, 1.82) is 0 Å². The summed E-state index contributed by atoms with van der Waals surface area (Å²) in [4.78, 5) is 5.15. The summed E-state index contributed by atoms with van der Waals surface area (Å²) in [7, 11) is 0. The zero-order chi connectivity index (χ0) is 11.4. The van der Waals surface area contributed by atoms with Gasteiger partial charge in [0, 0.05) is 38.8 Å². The van der Waals surface area contributed by atoms with Gasteiger partial charge in [-0.3, -0.25) is 9.80 Å². The third kappa shape index (κ3) is 3.19. The van der Waals surface area contributed by atoms with Crippen LogP contribution in [0.1, 0.15) is 26.7 Å². The highest BCUT2D eigenvalue weighted by Crippen LogP contribution is 2.13. The van der Waals surface area contributed by atoms with Gasteiger partial charge in [-0.05, 0) is 32.3 Å². The fraction of sp³-hybridized carbons (Fsp3) is 0.714. The monoisotopic (exact) mass is 220 g/mol. The molecule has 0 saturated carbocycles. The van der Waals surface area contributed by atoms with Gasteiger partial charge in [0.25, 0.3) is 0 Å². The van der Waals surface area contributed by atoms with Gasteiger partial charge in [-0.15, -0.1) is 0 Å². The summed E-state index contributed by atoms with van der Waals surface area (Å²) in [5.41, 5.74) is 1.52. The lowest BCUT2D eigenvalue weighted by Gasteiger charge is -2.37. The van der Waals surface area contributed by atoms with E-state index in [9.17, 15) is 0 Å². The smallest absolute Gasteiger partial charge is 0.0231 e. The zero-order valence-electron chi connectivity index (χ0n) is 10.7. The summed E-state index contributed by atoms with van der Waals surface area (Å²) >= 11 is 0. The van der Waals surface area contributed by atoms with E-state index < -0.39 is 0 Å². The molecule has 1 aliphatic heterocycles. The van der Waals surface area contributed by atoms with Crippen molar-refractivity contribution < 1.29 is 0 Å². The molecule has 0 radical (unpaired) electrons. The number of piperazine rings is 1. The maximum absolute atomic E-state index is 2.58. The number of hydrogen-bond acceptors (Lipinski definition) is 2. The van der Waals surface area contributed by atoms with Crippen LogP contribution in [0.3, 0.4) is 0 Å². The Balaban J connectivity index is 1.77. The predicted molar refractivity (Wildman–Crippen MR) is 69.6 cm³/mol. The van der Waals surface area contributed by atoms with Crippen molar-refractivity contribution in [3.63, 3.8) is 0 Å². The molecule has 2 heteroatoms.